The van der Waals surface area contributed by atoms with Crippen molar-refractivity contribution in [3.8, 4) is 0 Å². The van der Waals surface area contributed by atoms with Crippen LogP contribution in [0.15, 0.2) is 55.3 Å². The molecule has 1 aliphatic heterocycles. The SMILES string of the molecule is C=C.CCC(=O)NC(Cc1ccccc1)B(O)O.CCCCCCCCCCCC(=O)C1CC=C(C(C)=O)N1. The summed E-state index contributed by atoms with van der Waals surface area (Å²) in [5.74, 6) is -0.567. The Hall–Kier alpha value is -2.71. The molecule has 0 radical (unpaired) electrons. The molecule has 2 unspecified atom stereocenters. The standard InChI is InChI=1S/C18H31NO2.C11H16BNO3.C2H4/c1-3-4-5-6-7-8-9-10-11-12-18(21)17-14-13-16(19-17)15(2)20;1-2-11(14)13-10(12(15)16)8-9-6-4-3-5-7-9;1-2/h13,17,19H,3-12,14H2,1-2H3;3-7,10,15-16H,2,8H2,1H3,(H,13,14);1-2H2. The molecule has 0 spiro atoms. The molecule has 0 saturated carbocycles. The molecule has 1 heterocycles. The number of allylic oxidation sites excluding steroid dienone is 1. The lowest BCUT2D eigenvalue weighted by Crippen LogP contribution is -2.47. The maximum atomic E-state index is 12.0. The first-order valence-corrected chi connectivity index (χ1v) is 14.5. The summed E-state index contributed by atoms with van der Waals surface area (Å²) in [5.41, 5.74) is 1.57. The van der Waals surface area contributed by atoms with Crippen LogP contribution in [-0.4, -0.2) is 46.6 Å². The molecule has 1 aromatic carbocycles. The summed E-state index contributed by atoms with van der Waals surface area (Å²) in [6.45, 7) is 11.5. The van der Waals surface area contributed by atoms with Gasteiger partial charge in [0.2, 0.25) is 5.91 Å². The third kappa shape index (κ3) is 17.5. The van der Waals surface area contributed by atoms with Gasteiger partial charge in [-0.05, 0) is 24.8 Å². The van der Waals surface area contributed by atoms with Gasteiger partial charge in [-0.15, -0.1) is 13.2 Å². The van der Waals surface area contributed by atoms with E-state index in [-0.39, 0.29) is 23.5 Å². The second-order valence-corrected chi connectivity index (χ2v) is 9.78. The summed E-state index contributed by atoms with van der Waals surface area (Å²) in [5, 5.41) is 23.9. The highest BCUT2D eigenvalue weighted by Crippen LogP contribution is 2.15. The van der Waals surface area contributed by atoms with Crippen LogP contribution in [0.25, 0.3) is 0 Å². The lowest BCUT2D eigenvalue weighted by molar-refractivity contribution is -0.121. The second-order valence-electron chi connectivity index (χ2n) is 9.78. The number of nitrogens with one attached hydrogen (secondary N) is 2. The topological polar surface area (TPSA) is 116 Å². The van der Waals surface area contributed by atoms with Gasteiger partial charge < -0.3 is 20.7 Å². The van der Waals surface area contributed by atoms with Crippen molar-refractivity contribution in [2.75, 3.05) is 0 Å². The van der Waals surface area contributed by atoms with E-state index >= 15 is 0 Å². The summed E-state index contributed by atoms with van der Waals surface area (Å²) in [6, 6.07) is 9.24. The van der Waals surface area contributed by atoms with E-state index in [9.17, 15) is 14.4 Å². The van der Waals surface area contributed by atoms with Gasteiger partial charge in [0.15, 0.2) is 11.6 Å². The first-order chi connectivity index (χ1) is 18.8. The number of carbonyl (C=O) groups excluding carboxylic acids is 3. The van der Waals surface area contributed by atoms with E-state index in [4.69, 9.17) is 10.0 Å². The van der Waals surface area contributed by atoms with Gasteiger partial charge in [-0.25, -0.2) is 0 Å². The molecule has 1 aliphatic rings. The third-order valence-electron chi connectivity index (χ3n) is 6.51. The molecule has 218 valence electrons. The fourth-order valence-electron chi connectivity index (χ4n) is 4.19. The zero-order valence-corrected chi connectivity index (χ0v) is 24.4. The Bertz CT molecular complexity index is 845. The fraction of sp³-hybridized carbons (Fsp3) is 0.581. The molecular formula is C31H51BN2O5. The van der Waals surface area contributed by atoms with Crippen LogP contribution in [-0.2, 0) is 20.8 Å². The molecular weight excluding hydrogens is 491 g/mol. The van der Waals surface area contributed by atoms with Crippen LogP contribution < -0.4 is 10.6 Å². The first-order valence-electron chi connectivity index (χ1n) is 14.5. The van der Waals surface area contributed by atoms with E-state index in [2.05, 4.69) is 30.7 Å². The van der Waals surface area contributed by atoms with Gasteiger partial charge in [0.25, 0.3) is 0 Å². The monoisotopic (exact) mass is 542 g/mol. The Morgan fingerprint density at radius 2 is 1.54 bits per heavy atom. The molecule has 0 fully saturated rings. The van der Waals surface area contributed by atoms with E-state index in [1.807, 2.05) is 36.4 Å². The highest BCUT2D eigenvalue weighted by molar-refractivity contribution is 6.43. The lowest BCUT2D eigenvalue weighted by atomic mass is 9.76. The van der Waals surface area contributed by atoms with Crippen LogP contribution >= 0.6 is 0 Å². The van der Waals surface area contributed by atoms with Crippen molar-refractivity contribution in [1.29, 1.82) is 0 Å². The van der Waals surface area contributed by atoms with E-state index < -0.39 is 13.1 Å². The Morgan fingerprint density at radius 1 is 0.974 bits per heavy atom. The zero-order valence-electron chi connectivity index (χ0n) is 24.4. The number of hydrogen-bond donors (Lipinski definition) is 4. The van der Waals surface area contributed by atoms with Crippen molar-refractivity contribution < 1.29 is 24.4 Å². The summed E-state index contributed by atoms with van der Waals surface area (Å²) in [4.78, 5) is 34.4. The minimum atomic E-state index is -1.55. The number of hydrogen-bond acceptors (Lipinski definition) is 6. The Morgan fingerprint density at radius 3 is 2.03 bits per heavy atom. The maximum absolute atomic E-state index is 12.0. The Kier molecular flexibility index (Phi) is 21.6. The molecule has 0 bridgehead atoms. The van der Waals surface area contributed by atoms with Gasteiger partial charge in [0.05, 0.1) is 17.7 Å². The highest BCUT2D eigenvalue weighted by atomic mass is 16.4. The normalized spacial score (nSPS) is 14.4. The average molecular weight is 543 g/mol. The van der Waals surface area contributed by atoms with Crippen LogP contribution in [0.4, 0.5) is 0 Å². The maximum Gasteiger partial charge on any atom is 0.475 e. The van der Waals surface area contributed by atoms with Crippen molar-refractivity contribution in [2.24, 2.45) is 0 Å². The number of amides is 1. The van der Waals surface area contributed by atoms with Gasteiger partial charge in [-0.3, -0.25) is 14.4 Å². The van der Waals surface area contributed by atoms with Crippen LogP contribution in [0, 0.1) is 0 Å². The molecule has 0 saturated heterocycles. The van der Waals surface area contributed by atoms with Crippen LogP contribution in [0.5, 0.6) is 0 Å². The number of benzene rings is 1. The van der Waals surface area contributed by atoms with E-state index in [0.29, 0.717) is 31.4 Å². The smallest absolute Gasteiger partial charge is 0.426 e. The molecule has 39 heavy (non-hydrogen) atoms. The van der Waals surface area contributed by atoms with Crippen molar-refractivity contribution in [3.05, 3.63) is 60.8 Å². The van der Waals surface area contributed by atoms with E-state index in [1.54, 1.807) is 6.92 Å². The van der Waals surface area contributed by atoms with E-state index in [1.165, 1.54) is 51.9 Å². The minimum absolute atomic E-state index is 0.0216. The minimum Gasteiger partial charge on any atom is -0.426 e. The number of carbonyl (C=O) groups is 3. The molecule has 1 amide bonds. The van der Waals surface area contributed by atoms with Crippen molar-refractivity contribution in [2.45, 2.75) is 116 Å². The summed E-state index contributed by atoms with van der Waals surface area (Å²) < 4.78 is 0. The predicted molar refractivity (Wildman–Crippen MR) is 161 cm³/mol. The number of unbranched alkanes of at least 4 members (excludes halogenated alkanes) is 8. The number of ketones is 2. The molecule has 1 aromatic rings. The van der Waals surface area contributed by atoms with Gasteiger partial charge in [-0.1, -0.05) is 102 Å². The molecule has 2 rings (SSSR count). The number of rotatable bonds is 17. The van der Waals surface area contributed by atoms with Gasteiger partial charge in [0.1, 0.15) is 0 Å². The van der Waals surface area contributed by atoms with Crippen molar-refractivity contribution >= 4 is 24.6 Å². The Labute approximate surface area is 236 Å². The Balaban J connectivity index is 0.000000718. The average Bonchev–Trinajstić information content (AvgIpc) is 3.45. The van der Waals surface area contributed by atoms with E-state index in [0.717, 1.165) is 18.4 Å². The highest BCUT2D eigenvalue weighted by Gasteiger charge is 2.25. The van der Waals surface area contributed by atoms with Gasteiger partial charge in [-0.2, -0.15) is 0 Å². The predicted octanol–water partition coefficient (Wildman–Crippen LogP) is 5.25. The molecule has 2 atom stereocenters. The molecule has 7 nitrogen and oxygen atoms in total. The van der Waals surface area contributed by atoms with Crippen LogP contribution in [0.3, 0.4) is 0 Å². The molecule has 8 heteroatoms. The van der Waals surface area contributed by atoms with Crippen molar-refractivity contribution in [3.63, 3.8) is 0 Å². The molecule has 0 aliphatic carbocycles. The van der Waals surface area contributed by atoms with Crippen molar-refractivity contribution in [1.82, 2.24) is 10.6 Å². The zero-order chi connectivity index (χ0) is 29.5. The third-order valence-corrected chi connectivity index (χ3v) is 6.51. The first kappa shape index (κ1) is 36.3. The summed E-state index contributed by atoms with van der Waals surface area (Å²) in [6.07, 6.45) is 15.3. The summed E-state index contributed by atoms with van der Waals surface area (Å²) >= 11 is 0. The lowest BCUT2D eigenvalue weighted by Gasteiger charge is -2.17. The molecule has 4 N–H and O–H groups in total. The van der Waals surface area contributed by atoms with Gasteiger partial charge >= 0.3 is 7.12 Å². The quantitative estimate of drug-likeness (QED) is 0.121. The van der Waals surface area contributed by atoms with Gasteiger partial charge in [0, 0.05) is 19.8 Å². The largest absolute Gasteiger partial charge is 0.475 e. The number of Topliss-reactive ketones (excluding diaryl/α,β-unsaturated/α-hetero) is 2. The van der Waals surface area contributed by atoms with Crippen LogP contribution in [0.2, 0.25) is 0 Å². The summed E-state index contributed by atoms with van der Waals surface area (Å²) in [7, 11) is -1.55. The molecule has 0 aromatic heterocycles. The van der Waals surface area contributed by atoms with Crippen LogP contribution in [0.1, 0.15) is 103 Å². The second kappa shape index (κ2) is 23.2. The fourth-order valence-corrected chi connectivity index (χ4v) is 4.19.